The van der Waals surface area contributed by atoms with Crippen molar-refractivity contribution in [1.82, 2.24) is 4.90 Å². The van der Waals surface area contributed by atoms with Crippen molar-refractivity contribution in [2.24, 2.45) is 5.92 Å². The van der Waals surface area contributed by atoms with Crippen LogP contribution in [0.3, 0.4) is 0 Å². The number of ketones is 1. The quantitative estimate of drug-likeness (QED) is 0.728. The van der Waals surface area contributed by atoms with Crippen molar-refractivity contribution in [3.63, 3.8) is 0 Å². The molecule has 0 atom stereocenters. The maximum Gasteiger partial charge on any atom is 0.162 e. The summed E-state index contributed by atoms with van der Waals surface area (Å²) in [6.07, 6.45) is 6.62. The zero-order valence-corrected chi connectivity index (χ0v) is 13.1. The Balaban J connectivity index is 1.71. The van der Waals surface area contributed by atoms with Gasteiger partial charge in [-0.3, -0.25) is 4.79 Å². The lowest BCUT2D eigenvalue weighted by atomic mass is 9.86. The van der Waals surface area contributed by atoms with E-state index in [1.54, 1.807) is 12.1 Å². The van der Waals surface area contributed by atoms with Gasteiger partial charge in [0, 0.05) is 18.0 Å². The van der Waals surface area contributed by atoms with Gasteiger partial charge in [-0.25, -0.2) is 4.39 Å². The smallest absolute Gasteiger partial charge is 0.162 e. The van der Waals surface area contributed by atoms with E-state index in [9.17, 15) is 9.18 Å². The molecule has 21 heavy (non-hydrogen) atoms. The molecule has 1 aromatic rings. The molecule has 1 fully saturated rings. The Labute approximate surface area is 127 Å². The SMILES string of the molecule is CC1CCC(N(C)CCCC(=O)c2ccc(F)cc2)CC1. The second-order valence-corrected chi connectivity index (χ2v) is 6.43. The highest BCUT2D eigenvalue weighted by molar-refractivity contribution is 5.95. The molecule has 0 N–H and O–H groups in total. The molecule has 0 spiro atoms. The third-order valence-electron chi connectivity index (χ3n) is 4.69. The molecule has 1 saturated carbocycles. The summed E-state index contributed by atoms with van der Waals surface area (Å²) >= 11 is 0. The largest absolute Gasteiger partial charge is 0.303 e. The van der Waals surface area contributed by atoms with Crippen LogP contribution in [-0.4, -0.2) is 30.3 Å². The summed E-state index contributed by atoms with van der Waals surface area (Å²) in [7, 11) is 2.17. The Morgan fingerprint density at radius 1 is 1.19 bits per heavy atom. The molecule has 116 valence electrons. The molecule has 0 radical (unpaired) electrons. The van der Waals surface area contributed by atoms with E-state index in [-0.39, 0.29) is 11.6 Å². The maximum atomic E-state index is 12.8. The molecule has 2 rings (SSSR count). The first-order chi connectivity index (χ1) is 10.1. The Morgan fingerprint density at radius 2 is 1.81 bits per heavy atom. The Morgan fingerprint density at radius 3 is 2.43 bits per heavy atom. The van der Waals surface area contributed by atoms with Crippen molar-refractivity contribution in [3.8, 4) is 0 Å². The average Bonchev–Trinajstić information content (AvgIpc) is 2.48. The highest BCUT2D eigenvalue weighted by Crippen LogP contribution is 2.26. The average molecular weight is 291 g/mol. The summed E-state index contributed by atoms with van der Waals surface area (Å²) in [4.78, 5) is 14.4. The Kier molecular flexibility index (Phi) is 5.92. The van der Waals surface area contributed by atoms with E-state index >= 15 is 0 Å². The molecule has 2 nitrogen and oxygen atoms in total. The molecular weight excluding hydrogens is 265 g/mol. The fourth-order valence-corrected chi connectivity index (χ4v) is 3.13. The Hall–Kier alpha value is -1.22. The van der Waals surface area contributed by atoms with E-state index in [0.29, 0.717) is 18.0 Å². The monoisotopic (exact) mass is 291 g/mol. The van der Waals surface area contributed by atoms with E-state index < -0.39 is 0 Å². The normalized spacial score (nSPS) is 22.5. The molecule has 0 bridgehead atoms. The second kappa shape index (κ2) is 7.69. The van der Waals surface area contributed by atoms with Gasteiger partial charge in [0.1, 0.15) is 5.82 Å². The van der Waals surface area contributed by atoms with E-state index in [1.165, 1.54) is 37.8 Å². The minimum absolute atomic E-state index is 0.112. The van der Waals surface area contributed by atoms with Gasteiger partial charge in [0.25, 0.3) is 0 Å². The van der Waals surface area contributed by atoms with Crippen molar-refractivity contribution in [2.45, 2.75) is 51.5 Å². The fraction of sp³-hybridized carbons (Fsp3) is 0.611. The zero-order valence-electron chi connectivity index (χ0n) is 13.1. The molecule has 1 aliphatic rings. The summed E-state index contributed by atoms with van der Waals surface area (Å²) < 4.78 is 12.8. The minimum atomic E-state index is -0.294. The van der Waals surface area contributed by atoms with Crippen molar-refractivity contribution in [1.29, 1.82) is 0 Å². The van der Waals surface area contributed by atoms with Crippen LogP contribution < -0.4 is 0 Å². The standard InChI is InChI=1S/C18H26FNO/c1-14-5-11-17(12-6-14)20(2)13-3-4-18(21)15-7-9-16(19)10-8-15/h7-10,14,17H,3-6,11-13H2,1-2H3. The number of Topliss-reactive ketones (excluding diaryl/α,β-unsaturated/α-hetero) is 1. The van der Waals surface area contributed by atoms with E-state index in [2.05, 4.69) is 18.9 Å². The molecule has 0 aromatic heterocycles. The molecule has 0 aliphatic heterocycles. The molecular formula is C18H26FNO. The van der Waals surface area contributed by atoms with Crippen molar-refractivity contribution in [2.75, 3.05) is 13.6 Å². The fourth-order valence-electron chi connectivity index (χ4n) is 3.13. The van der Waals surface area contributed by atoms with E-state index in [0.717, 1.165) is 18.9 Å². The molecule has 1 aromatic carbocycles. The van der Waals surface area contributed by atoms with E-state index in [4.69, 9.17) is 0 Å². The molecule has 1 aliphatic carbocycles. The van der Waals surface area contributed by atoms with Crippen molar-refractivity contribution in [3.05, 3.63) is 35.6 Å². The summed E-state index contributed by atoms with van der Waals surface area (Å²) in [6, 6.07) is 6.53. The second-order valence-electron chi connectivity index (χ2n) is 6.43. The van der Waals surface area contributed by atoms with Gasteiger partial charge in [-0.1, -0.05) is 6.92 Å². The topological polar surface area (TPSA) is 20.3 Å². The van der Waals surface area contributed by atoms with Crippen LogP contribution in [0.15, 0.2) is 24.3 Å². The first kappa shape index (κ1) is 16.2. The lowest BCUT2D eigenvalue weighted by Gasteiger charge is -2.33. The summed E-state index contributed by atoms with van der Waals surface area (Å²) in [5.74, 6) is 0.688. The molecule has 0 unspecified atom stereocenters. The molecule has 3 heteroatoms. The van der Waals surface area contributed by atoms with Crippen molar-refractivity contribution >= 4 is 5.78 Å². The molecule has 0 saturated heterocycles. The lowest BCUT2D eigenvalue weighted by Crippen LogP contribution is -2.35. The number of carbonyl (C=O) groups excluding carboxylic acids is 1. The van der Waals surface area contributed by atoms with Gasteiger partial charge in [0.05, 0.1) is 0 Å². The van der Waals surface area contributed by atoms with Crippen LogP contribution in [0.5, 0.6) is 0 Å². The van der Waals surface area contributed by atoms with Crippen LogP contribution in [0.25, 0.3) is 0 Å². The van der Waals surface area contributed by atoms with Gasteiger partial charge < -0.3 is 4.90 Å². The van der Waals surface area contributed by atoms with Gasteiger partial charge in [-0.2, -0.15) is 0 Å². The van der Waals surface area contributed by atoms with Gasteiger partial charge >= 0.3 is 0 Å². The van der Waals surface area contributed by atoms with Gasteiger partial charge in [-0.15, -0.1) is 0 Å². The van der Waals surface area contributed by atoms with Crippen LogP contribution in [0.2, 0.25) is 0 Å². The predicted molar refractivity (Wildman–Crippen MR) is 84.0 cm³/mol. The maximum absolute atomic E-state index is 12.8. The predicted octanol–water partition coefficient (Wildman–Crippen LogP) is 4.30. The number of carbonyl (C=O) groups is 1. The first-order valence-corrected chi connectivity index (χ1v) is 8.05. The number of benzene rings is 1. The van der Waals surface area contributed by atoms with Crippen LogP contribution >= 0.6 is 0 Å². The minimum Gasteiger partial charge on any atom is -0.303 e. The van der Waals surface area contributed by atoms with Crippen LogP contribution in [0.1, 0.15) is 55.8 Å². The summed E-state index contributed by atoms with van der Waals surface area (Å²) in [6.45, 7) is 3.30. The van der Waals surface area contributed by atoms with E-state index in [1.807, 2.05) is 0 Å². The zero-order chi connectivity index (χ0) is 15.2. The first-order valence-electron chi connectivity index (χ1n) is 8.05. The highest BCUT2D eigenvalue weighted by atomic mass is 19.1. The third-order valence-corrected chi connectivity index (χ3v) is 4.69. The van der Waals surface area contributed by atoms with Crippen LogP contribution in [0.4, 0.5) is 4.39 Å². The highest BCUT2D eigenvalue weighted by Gasteiger charge is 2.21. The van der Waals surface area contributed by atoms with Crippen LogP contribution in [-0.2, 0) is 0 Å². The number of hydrogen-bond acceptors (Lipinski definition) is 2. The molecule has 0 heterocycles. The lowest BCUT2D eigenvalue weighted by molar-refractivity contribution is 0.0969. The summed E-state index contributed by atoms with van der Waals surface area (Å²) in [5, 5.41) is 0. The van der Waals surface area contributed by atoms with Gasteiger partial charge in [0.2, 0.25) is 0 Å². The number of hydrogen-bond donors (Lipinski definition) is 0. The van der Waals surface area contributed by atoms with Gasteiger partial charge in [0.15, 0.2) is 5.78 Å². The third kappa shape index (κ3) is 4.92. The van der Waals surface area contributed by atoms with Crippen molar-refractivity contribution < 1.29 is 9.18 Å². The van der Waals surface area contributed by atoms with Gasteiger partial charge in [-0.05, 0) is 75.9 Å². The molecule has 0 amide bonds. The number of nitrogens with zero attached hydrogens (tertiary/aromatic N) is 1. The van der Waals surface area contributed by atoms with Crippen LogP contribution in [0, 0.1) is 11.7 Å². The summed E-state index contributed by atoms with van der Waals surface area (Å²) in [5.41, 5.74) is 0.616. The number of rotatable bonds is 6. The Bertz CT molecular complexity index is 449. The number of halogens is 1.